The van der Waals surface area contributed by atoms with Gasteiger partial charge >= 0.3 is 0 Å². The monoisotopic (exact) mass is 467 g/mol. The number of Topliss-reactive ketones (excluding diaryl/α,β-unsaturated/α-hetero) is 1. The van der Waals surface area contributed by atoms with Crippen LogP contribution in [-0.4, -0.2) is 61.8 Å². The van der Waals surface area contributed by atoms with Gasteiger partial charge in [0.1, 0.15) is 24.7 Å². The van der Waals surface area contributed by atoms with Crippen molar-refractivity contribution in [2.24, 2.45) is 5.92 Å². The zero-order chi connectivity index (χ0) is 24.2. The SMILES string of the molecule is COCCN1C(=O)C(=O)/C(=C(\O)c2cccc(OCC(C)C)c2)C1c1ccc2c(c1)OCCO2. The van der Waals surface area contributed by atoms with Crippen molar-refractivity contribution in [2.75, 3.05) is 40.1 Å². The maximum Gasteiger partial charge on any atom is 0.295 e. The minimum absolute atomic E-state index is 0.0128. The van der Waals surface area contributed by atoms with Crippen molar-refractivity contribution in [1.82, 2.24) is 4.90 Å². The third-order valence-corrected chi connectivity index (χ3v) is 5.65. The smallest absolute Gasteiger partial charge is 0.295 e. The van der Waals surface area contributed by atoms with Crippen LogP contribution in [0.2, 0.25) is 0 Å². The van der Waals surface area contributed by atoms with Gasteiger partial charge in [0.05, 0.1) is 24.8 Å². The number of carbonyl (C=O) groups is 2. The van der Waals surface area contributed by atoms with Crippen LogP contribution in [0.5, 0.6) is 17.2 Å². The number of fused-ring (bicyclic) bond motifs is 1. The lowest BCUT2D eigenvalue weighted by Gasteiger charge is -2.26. The van der Waals surface area contributed by atoms with E-state index < -0.39 is 17.7 Å². The summed E-state index contributed by atoms with van der Waals surface area (Å²) in [4.78, 5) is 27.5. The van der Waals surface area contributed by atoms with E-state index in [1.54, 1.807) is 42.5 Å². The molecule has 1 amide bonds. The van der Waals surface area contributed by atoms with Gasteiger partial charge in [-0.1, -0.05) is 32.0 Å². The molecule has 8 nitrogen and oxygen atoms in total. The fraction of sp³-hybridized carbons (Fsp3) is 0.385. The van der Waals surface area contributed by atoms with Gasteiger partial charge in [0, 0.05) is 19.2 Å². The third kappa shape index (κ3) is 4.72. The van der Waals surface area contributed by atoms with E-state index in [9.17, 15) is 14.7 Å². The molecule has 0 aliphatic carbocycles. The third-order valence-electron chi connectivity index (χ3n) is 5.65. The number of ether oxygens (including phenoxy) is 4. The van der Waals surface area contributed by atoms with Crippen LogP contribution in [0.1, 0.15) is 31.0 Å². The summed E-state index contributed by atoms with van der Waals surface area (Å²) in [5.74, 6) is 0.339. The lowest BCUT2D eigenvalue weighted by Crippen LogP contribution is -2.32. The molecular formula is C26H29NO7. The van der Waals surface area contributed by atoms with Gasteiger partial charge in [0.25, 0.3) is 11.7 Å². The summed E-state index contributed by atoms with van der Waals surface area (Å²) in [5.41, 5.74) is 1.04. The van der Waals surface area contributed by atoms with Crippen LogP contribution in [0.15, 0.2) is 48.0 Å². The highest BCUT2D eigenvalue weighted by molar-refractivity contribution is 6.46. The molecule has 0 spiro atoms. The number of hydrogen-bond acceptors (Lipinski definition) is 7. The predicted molar refractivity (Wildman–Crippen MR) is 125 cm³/mol. The highest BCUT2D eigenvalue weighted by Gasteiger charge is 2.46. The summed E-state index contributed by atoms with van der Waals surface area (Å²) in [6.07, 6.45) is 0. The molecule has 1 fully saturated rings. The Morgan fingerprint density at radius 2 is 1.88 bits per heavy atom. The van der Waals surface area contributed by atoms with E-state index in [1.165, 1.54) is 12.0 Å². The molecule has 2 aromatic carbocycles. The highest BCUT2D eigenvalue weighted by Crippen LogP contribution is 2.42. The first-order chi connectivity index (χ1) is 16.4. The standard InChI is InChI=1S/C26H29NO7/c1-16(2)15-34-19-6-4-5-18(13-19)24(28)22-23(27(9-10-31-3)26(30)25(22)29)17-7-8-20-21(14-17)33-12-11-32-20/h4-8,13-14,16,23,28H,9-12,15H2,1-3H3/b24-22-. The summed E-state index contributed by atoms with van der Waals surface area (Å²) in [7, 11) is 1.53. The average molecular weight is 468 g/mol. The van der Waals surface area contributed by atoms with Gasteiger partial charge in [0.2, 0.25) is 0 Å². The maximum absolute atomic E-state index is 13.1. The van der Waals surface area contributed by atoms with Crippen molar-refractivity contribution >= 4 is 17.4 Å². The maximum atomic E-state index is 13.1. The predicted octanol–water partition coefficient (Wildman–Crippen LogP) is 3.56. The summed E-state index contributed by atoms with van der Waals surface area (Å²) in [6.45, 7) is 5.89. The molecule has 0 aromatic heterocycles. The van der Waals surface area contributed by atoms with E-state index in [2.05, 4.69) is 0 Å². The van der Waals surface area contributed by atoms with Crippen molar-refractivity contribution in [1.29, 1.82) is 0 Å². The van der Waals surface area contributed by atoms with Gasteiger partial charge in [-0.3, -0.25) is 9.59 Å². The van der Waals surface area contributed by atoms with E-state index in [1.807, 2.05) is 13.8 Å². The van der Waals surface area contributed by atoms with Gasteiger partial charge in [-0.05, 0) is 35.7 Å². The largest absolute Gasteiger partial charge is 0.507 e. The fourth-order valence-electron chi connectivity index (χ4n) is 4.03. The molecule has 4 rings (SSSR count). The van der Waals surface area contributed by atoms with Crippen LogP contribution < -0.4 is 14.2 Å². The number of benzene rings is 2. The molecule has 2 aromatic rings. The van der Waals surface area contributed by atoms with Crippen LogP contribution in [-0.2, 0) is 14.3 Å². The topological polar surface area (TPSA) is 94.5 Å². The van der Waals surface area contributed by atoms with Crippen molar-refractivity contribution < 1.29 is 33.6 Å². The van der Waals surface area contributed by atoms with Crippen molar-refractivity contribution in [3.8, 4) is 17.2 Å². The average Bonchev–Trinajstić information content (AvgIpc) is 3.10. The molecule has 1 unspecified atom stereocenters. The second-order valence-corrected chi connectivity index (χ2v) is 8.62. The first kappa shape index (κ1) is 23.6. The molecule has 34 heavy (non-hydrogen) atoms. The van der Waals surface area contributed by atoms with Gasteiger partial charge < -0.3 is 29.0 Å². The Hall–Kier alpha value is -3.52. The van der Waals surface area contributed by atoms with Crippen LogP contribution in [0.25, 0.3) is 5.76 Å². The zero-order valence-corrected chi connectivity index (χ0v) is 19.6. The van der Waals surface area contributed by atoms with Gasteiger partial charge in [0.15, 0.2) is 11.5 Å². The lowest BCUT2D eigenvalue weighted by atomic mass is 9.95. The Balaban J connectivity index is 1.78. The number of nitrogens with zero attached hydrogens (tertiary/aromatic N) is 1. The highest BCUT2D eigenvalue weighted by atomic mass is 16.6. The minimum atomic E-state index is -0.800. The van der Waals surface area contributed by atoms with Crippen LogP contribution in [0.3, 0.4) is 0 Å². The Labute approximate surface area is 198 Å². The molecule has 8 heteroatoms. The zero-order valence-electron chi connectivity index (χ0n) is 19.6. The molecular weight excluding hydrogens is 438 g/mol. The number of ketones is 1. The molecule has 0 saturated carbocycles. The summed E-state index contributed by atoms with van der Waals surface area (Å²) < 4.78 is 22.2. The quantitative estimate of drug-likeness (QED) is 0.360. The molecule has 1 N–H and O–H groups in total. The number of aliphatic hydroxyl groups is 1. The fourth-order valence-corrected chi connectivity index (χ4v) is 4.03. The van der Waals surface area contributed by atoms with Crippen molar-refractivity contribution in [3.05, 3.63) is 59.2 Å². The van der Waals surface area contributed by atoms with E-state index in [0.717, 1.165) is 0 Å². The van der Waals surface area contributed by atoms with Crippen LogP contribution in [0.4, 0.5) is 0 Å². The van der Waals surface area contributed by atoms with Gasteiger partial charge in [-0.2, -0.15) is 0 Å². The second kappa shape index (κ2) is 10.2. The Morgan fingerprint density at radius 3 is 2.62 bits per heavy atom. The molecule has 0 bridgehead atoms. The summed E-state index contributed by atoms with van der Waals surface area (Å²) in [5, 5.41) is 11.3. The van der Waals surface area contributed by atoms with E-state index in [0.29, 0.717) is 54.1 Å². The molecule has 180 valence electrons. The number of carbonyl (C=O) groups excluding carboxylic acids is 2. The Morgan fingerprint density at radius 1 is 1.12 bits per heavy atom. The summed E-state index contributed by atoms with van der Waals surface area (Å²) in [6, 6.07) is 11.4. The Kier molecular flexibility index (Phi) is 7.07. The van der Waals surface area contributed by atoms with E-state index >= 15 is 0 Å². The number of methoxy groups -OCH3 is 1. The molecule has 1 saturated heterocycles. The van der Waals surface area contributed by atoms with Crippen LogP contribution in [0, 0.1) is 5.92 Å². The van der Waals surface area contributed by atoms with Crippen LogP contribution >= 0.6 is 0 Å². The van der Waals surface area contributed by atoms with Crippen molar-refractivity contribution in [2.45, 2.75) is 19.9 Å². The lowest BCUT2D eigenvalue weighted by molar-refractivity contribution is -0.140. The number of likely N-dealkylation sites (tertiary alicyclic amines) is 1. The number of amides is 1. The first-order valence-corrected chi connectivity index (χ1v) is 11.3. The Bertz CT molecular complexity index is 1110. The van der Waals surface area contributed by atoms with Crippen molar-refractivity contribution in [3.63, 3.8) is 0 Å². The molecule has 0 radical (unpaired) electrons. The normalized spacial score (nSPS) is 19.1. The second-order valence-electron chi connectivity index (χ2n) is 8.62. The molecule has 1 atom stereocenters. The molecule has 2 heterocycles. The van der Waals surface area contributed by atoms with Gasteiger partial charge in [-0.15, -0.1) is 0 Å². The first-order valence-electron chi connectivity index (χ1n) is 11.3. The summed E-state index contributed by atoms with van der Waals surface area (Å²) >= 11 is 0. The number of rotatable bonds is 8. The van der Waals surface area contributed by atoms with E-state index in [4.69, 9.17) is 18.9 Å². The number of hydrogen-bond donors (Lipinski definition) is 1. The number of aliphatic hydroxyl groups excluding tert-OH is 1. The van der Waals surface area contributed by atoms with E-state index in [-0.39, 0.29) is 24.5 Å². The molecule has 2 aliphatic heterocycles. The minimum Gasteiger partial charge on any atom is -0.507 e. The van der Waals surface area contributed by atoms with Gasteiger partial charge in [-0.25, -0.2) is 0 Å². The molecule has 2 aliphatic rings.